The van der Waals surface area contributed by atoms with E-state index in [2.05, 4.69) is 25.6 Å². The molecule has 0 radical (unpaired) electrons. The Morgan fingerprint density at radius 1 is 1.26 bits per heavy atom. The lowest BCUT2D eigenvalue weighted by Crippen LogP contribution is -2.36. The molecule has 1 heterocycles. The Morgan fingerprint density at radius 3 is 2.69 bits per heavy atom. The van der Waals surface area contributed by atoms with E-state index < -0.39 is 24.1 Å². The van der Waals surface area contributed by atoms with Gasteiger partial charge in [-0.05, 0) is 29.8 Å². The van der Waals surface area contributed by atoms with Gasteiger partial charge in [0.15, 0.2) is 0 Å². The summed E-state index contributed by atoms with van der Waals surface area (Å²) in [5.41, 5.74) is 0.631. The number of rotatable bonds is 12. The smallest absolute Gasteiger partial charge is 0.322 e. The molecule has 0 saturated carbocycles. The number of benzene rings is 2. The van der Waals surface area contributed by atoms with Crippen LogP contribution in [-0.2, 0) is 11.3 Å². The van der Waals surface area contributed by atoms with E-state index in [0.717, 1.165) is 12.1 Å². The lowest BCUT2D eigenvalue weighted by molar-refractivity contribution is -0.0973. The molecule has 1 aromatic heterocycles. The number of aliphatic hydroxyl groups excluding tert-OH is 2. The van der Waals surface area contributed by atoms with Gasteiger partial charge < -0.3 is 29.9 Å². The zero-order chi connectivity index (χ0) is 25.2. The molecule has 0 aliphatic rings. The highest BCUT2D eigenvalue weighted by Crippen LogP contribution is 2.28. The fourth-order valence-electron chi connectivity index (χ4n) is 3.27. The molecule has 0 aliphatic heterocycles. The van der Waals surface area contributed by atoms with Crippen LogP contribution in [0.1, 0.15) is 5.56 Å². The van der Waals surface area contributed by atoms with Crippen molar-refractivity contribution in [2.45, 2.75) is 13.0 Å². The number of aliphatic hydroxyl groups is 2. The third-order valence-corrected chi connectivity index (χ3v) is 4.92. The fraction of sp³-hybridized carbons (Fsp3) is 0.304. The zero-order valence-corrected chi connectivity index (χ0v) is 19.0. The van der Waals surface area contributed by atoms with Gasteiger partial charge in [0.2, 0.25) is 6.41 Å². The summed E-state index contributed by atoms with van der Waals surface area (Å²) in [5, 5.41) is 30.0. The van der Waals surface area contributed by atoms with Gasteiger partial charge in [-0.2, -0.15) is 5.10 Å². The van der Waals surface area contributed by atoms with Gasteiger partial charge in [0.05, 0.1) is 18.4 Å². The van der Waals surface area contributed by atoms with Gasteiger partial charge in [-0.25, -0.2) is 13.6 Å². The van der Waals surface area contributed by atoms with E-state index in [1.54, 1.807) is 24.3 Å². The van der Waals surface area contributed by atoms with Gasteiger partial charge in [-0.15, -0.1) is 0 Å². The number of nitrogens with one attached hydrogen (secondary N) is 3. The van der Waals surface area contributed by atoms with Crippen molar-refractivity contribution in [3.63, 3.8) is 0 Å². The summed E-state index contributed by atoms with van der Waals surface area (Å²) in [6, 6.07) is 8.38. The number of hydrogen-bond acceptors (Lipinski definition) is 7. The zero-order valence-electron chi connectivity index (χ0n) is 19.0. The van der Waals surface area contributed by atoms with Gasteiger partial charge in [-0.3, -0.25) is 10.4 Å². The molecule has 2 aromatic carbocycles. The lowest BCUT2D eigenvalue weighted by atomic mass is 10.1. The molecule has 1 unspecified atom stereocenters. The number of aromatic nitrogens is 2. The van der Waals surface area contributed by atoms with Crippen LogP contribution in [0.5, 0.6) is 5.75 Å². The Balaban J connectivity index is 1.64. The van der Waals surface area contributed by atoms with E-state index in [9.17, 15) is 23.8 Å². The first kappa shape index (κ1) is 26.0. The number of carbonyl (C=O) groups excluding carboxylic acids is 1. The standard InChI is InChI=1S/C23H27F2N5O5/c1-34-23(33)26-5-8-35-18-4-2-3-15(9-18)14-30(6-7-31)22(32)29-17-10-19(24)21(20(25)11-17)16-12-27-28-13-16/h2-4,9-13,23,26,31,33H,5-8,14H2,1H3,(H,27,28)(H,29,32). The van der Waals surface area contributed by atoms with Crippen molar-refractivity contribution >= 4 is 11.7 Å². The minimum atomic E-state index is -1.08. The second-order valence-electron chi connectivity index (χ2n) is 7.42. The first-order valence-corrected chi connectivity index (χ1v) is 10.7. The molecule has 0 fully saturated rings. The number of anilines is 1. The van der Waals surface area contributed by atoms with Crippen LogP contribution in [0.3, 0.4) is 0 Å². The van der Waals surface area contributed by atoms with Gasteiger partial charge >= 0.3 is 6.03 Å². The predicted octanol–water partition coefficient (Wildman–Crippen LogP) is 2.27. The Hall–Kier alpha value is -3.58. The number of aromatic amines is 1. The quantitative estimate of drug-likeness (QED) is 0.194. The third-order valence-electron chi connectivity index (χ3n) is 4.92. The number of amides is 2. The summed E-state index contributed by atoms with van der Waals surface area (Å²) in [6.07, 6.45) is 1.57. The summed E-state index contributed by atoms with van der Waals surface area (Å²) in [6.45, 7) is 0.400. The first-order chi connectivity index (χ1) is 16.9. The molecule has 0 spiro atoms. The van der Waals surface area contributed by atoms with Crippen molar-refractivity contribution < 1.29 is 33.3 Å². The van der Waals surface area contributed by atoms with Crippen molar-refractivity contribution in [2.75, 3.05) is 38.7 Å². The topological polar surface area (TPSA) is 132 Å². The summed E-state index contributed by atoms with van der Waals surface area (Å²) in [4.78, 5) is 14.1. The molecule has 1 atom stereocenters. The Morgan fingerprint density at radius 2 is 2.03 bits per heavy atom. The Bertz CT molecular complexity index is 1080. The molecular formula is C23H27F2N5O5. The van der Waals surface area contributed by atoms with E-state index in [4.69, 9.17) is 4.74 Å². The van der Waals surface area contributed by atoms with Gasteiger partial charge in [0.25, 0.3) is 0 Å². The molecule has 5 N–H and O–H groups in total. The summed E-state index contributed by atoms with van der Waals surface area (Å²) < 4.78 is 39.4. The number of hydrogen-bond donors (Lipinski definition) is 5. The maximum atomic E-state index is 14.5. The van der Waals surface area contributed by atoms with Gasteiger partial charge in [0, 0.05) is 44.2 Å². The average molecular weight is 491 g/mol. The molecule has 2 amide bonds. The molecule has 188 valence electrons. The van der Waals surface area contributed by atoms with E-state index in [1.165, 1.54) is 24.4 Å². The monoisotopic (exact) mass is 491 g/mol. The van der Waals surface area contributed by atoms with Crippen molar-refractivity contribution in [3.8, 4) is 16.9 Å². The van der Waals surface area contributed by atoms with Crippen LogP contribution in [0.25, 0.3) is 11.1 Å². The van der Waals surface area contributed by atoms with Crippen molar-refractivity contribution in [1.82, 2.24) is 20.4 Å². The largest absolute Gasteiger partial charge is 0.492 e. The normalized spacial score (nSPS) is 11.8. The lowest BCUT2D eigenvalue weighted by Gasteiger charge is -2.23. The van der Waals surface area contributed by atoms with Crippen LogP contribution in [0.2, 0.25) is 0 Å². The summed E-state index contributed by atoms with van der Waals surface area (Å²) >= 11 is 0. The molecule has 35 heavy (non-hydrogen) atoms. The van der Waals surface area contributed by atoms with E-state index >= 15 is 0 Å². The van der Waals surface area contributed by atoms with Crippen molar-refractivity contribution in [3.05, 3.63) is 66.0 Å². The van der Waals surface area contributed by atoms with Crippen LogP contribution in [0, 0.1) is 11.6 Å². The third kappa shape index (κ3) is 7.45. The van der Waals surface area contributed by atoms with Gasteiger partial charge in [-0.1, -0.05) is 12.1 Å². The average Bonchev–Trinajstić information content (AvgIpc) is 3.35. The van der Waals surface area contributed by atoms with Crippen LogP contribution in [0.15, 0.2) is 48.8 Å². The highest BCUT2D eigenvalue weighted by molar-refractivity contribution is 5.89. The predicted molar refractivity (Wildman–Crippen MR) is 123 cm³/mol. The number of methoxy groups -OCH3 is 1. The van der Waals surface area contributed by atoms with Crippen molar-refractivity contribution in [1.29, 1.82) is 0 Å². The van der Waals surface area contributed by atoms with Crippen LogP contribution in [0.4, 0.5) is 19.3 Å². The second kappa shape index (κ2) is 12.8. The maximum Gasteiger partial charge on any atom is 0.322 e. The first-order valence-electron chi connectivity index (χ1n) is 10.7. The summed E-state index contributed by atoms with van der Waals surface area (Å²) in [5.74, 6) is -1.17. The molecule has 3 aromatic rings. The highest BCUT2D eigenvalue weighted by Gasteiger charge is 2.18. The Labute approximate surface area is 200 Å². The number of nitrogens with zero attached hydrogens (tertiary/aromatic N) is 2. The SMILES string of the molecule is COC(O)NCCOc1cccc(CN(CCO)C(=O)Nc2cc(F)c(-c3cn[nH]c3)c(F)c2)c1. The minimum absolute atomic E-state index is 0.00614. The molecule has 0 aliphatic carbocycles. The minimum Gasteiger partial charge on any atom is -0.492 e. The molecule has 0 saturated heterocycles. The van der Waals surface area contributed by atoms with Crippen LogP contribution in [-0.4, -0.2) is 71.2 Å². The maximum absolute atomic E-state index is 14.5. The van der Waals surface area contributed by atoms with Gasteiger partial charge in [0.1, 0.15) is 24.0 Å². The van der Waals surface area contributed by atoms with E-state index in [1.807, 2.05) is 0 Å². The number of ether oxygens (including phenoxy) is 2. The highest BCUT2D eigenvalue weighted by atomic mass is 19.1. The van der Waals surface area contributed by atoms with Crippen LogP contribution < -0.4 is 15.4 Å². The molecule has 3 rings (SSSR count). The number of carbonyl (C=O) groups is 1. The van der Waals surface area contributed by atoms with Crippen molar-refractivity contribution in [2.24, 2.45) is 0 Å². The number of urea groups is 1. The van der Waals surface area contributed by atoms with Crippen LogP contribution >= 0.6 is 0 Å². The Kier molecular flexibility index (Phi) is 9.49. The number of H-pyrrole nitrogens is 1. The molecule has 10 nitrogen and oxygen atoms in total. The number of halogens is 2. The van der Waals surface area contributed by atoms with E-state index in [0.29, 0.717) is 17.9 Å². The van der Waals surface area contributed by atoms with E-state index in [-0.39, 0.29) is 43.1 Å². The molecule has 12 heteroatoms. The molecular weight excluding hydrogens is 464 g/mol. The second-order valence-corrected chi connectivity index (χ2v) is 7.42. The fourth-order valence-corrected chi connectivity index (χ4v) is 3.27. The molecule has 0 bridgehead atoms. The summed E-state index contributed by atoms with van der Waals surface area (Å²) in [7, 11) is 1.36.